The van der Waals surface area contributed by atoms with Crippen molar-refractivity contribution >= 4 is 5.69 Å². The largest absolute Gasteiger partial charge is 0.390 e. The number of aliphatic hydroxyl groups is 1. The van der Waals surface area contributed by atoms with Crippen LogP contribution in [-0.4, -0.2) is 39.0 Å². The van der Waals surface area contributed by atoms with Gasteiger partial charge < -0.3 is 10.4 Å². The molecule has 0 aliphatic heterocycles. The van der Waals surface area contributed by atoms with Gasteiger partial charge in [0.15, 0.2) is 0 Å². The number of nitro groups is 1. The van der Waals surface area contributed by atoms with Crippen molar-refractivity contribution < 1.29 is 10.0 Å². The van der Waals surface area contributed by atoms with Crippen LogP contribution < -0.4 is 5.32 Å². The van der Waals surface area contributed by atoms with Gasteiger partial charge in [-0.15, -0.1) is 0 Å². The molecule has 7 heteroatoms. The molecule has 2 N–H and O–H groups in total. The monoisotopic (exact) mass is 268 g/mol. The van der Waals surface area contributed by atoms with E-state index in [1.165, 1.54) is 23.5 Å². The zero-order valence-corrected chi connectivity index (χ0v) is 11.2. The summed E-state index contributed by atoms with van der Waals surface area (Å²) < 4.78 is 1.39. The Morgan fingerprint density at radius 2 is 2.42 bits per heavy atom. The molecule has 0 aromatic carbocycles. The summed E-state index contributed by atoms with van der Waals surface area (Å²) >= 11 is 0. The van der Waals surface area contributed by atoms with Crippen molar-refractivity contribution in [3.63, 3.8) is 0 Å². The van der Waals surface area contributed by atoms with Gasteiger partial charge in [-0.25, -0.2) is 0 Å². The summed E-state index contributed by atoms with van der Waals surface area (Å²) in [7, 11) is 0. The van der Waals surface area contributed by atoms with E-state index in [-0.39, 0.29) is 12.2 Å². The van der Waals surface area contributed by atoms with Crippen LogP contribution in [0, 0.1) is 21.4 Å². The average molecular weight is 268 g/mol. The van der Waals surface area contributed by atoms with E-state index in [0.29, 0.717) is 17.9 Å². The molecule has 1 aromatic rings. The molecule has 106 valence electrons. The Bertz CT molecular complexity index is 458. The maximum atomic E-state index is 10.5. The van der Waals surface area contributed by atoms with E-state index in [9.17, 15) is 15.2 Å². The molecular formula is C12H20N4O3. The second-order valence-electron chi connectivity index (χ2n) is 5.88. The summed E-state index contributed by atoms with van der Waals surface area (Å²) in [5, 5.41) is 27.4. The lowest BCUT2D eigenvalue weighted by Gasteiger charge is -2.12. The van der Waals surface area contributed by atoms with Crippen molar-refractivity contribution in [3.05, 3.63) is 22.5 Å². The fraction of sp³-hybridized carbons (Fsp3) is 0.750. The van der Waals surface area contributed by atoms with E-state index in [4.69, 9.17) is 0 Å². The Hall–Kier alpha value is -1.47. The fourth-order valence-electron chi connectivity index (χ4n) is 2.18. The standard InChI is InChI=1S/C12H20N4O3/c1-12(2)3-9(12)4-13-6-11(17)8-15-7-10(5-14-15)16(18)19/h5,7,9,11,13,17H,3-4,6,8H2,1-2H3. The molecule has 2 unspecified atom stereocenters. The molecule has 0 spiro atoms. The molecule has 1 aliphatic rings. The van der Waals surface area contributed by atoms with Crippen LogP contribution in [0.4, 0.5) is 5.69 Å². The summed E-state index contributed by atoms with van der Waals surface area (Å²) in [6.07, 6.45) is 3.14. The lowest BCUT2D eigenvalue weighted by molar-refractivity contribution is -0.385. The van der Waals surface area contributed by atoms with E-state index in [0.717, 1.165) is 6.54 Å². The maximum Gasteiger partial charge on any atom is 0.306 e. The highest BCUT2D eigenvalue weighted by Crippen LogP contribution is 2.50. The van der Waals surface area contributed by atoms with Crippen LogP contribution >= 0.6 is 0 Å². The molecule has 1 fully saturated rings. The van der Waals surface area contributed by atoms with Gasteiger partial charge >= 0.3 is 5.69 Å². The average Bonchev–Trinajstić information content (AvgIpc) is 2.75. The van der Waals surface area contributed by atoms with Crippen molar-refractivity contribution in [2.45, 2.75) is 32.9 Å². The third-order valence-electron chi connectivity index (χ3n) is 3.72. The zero-order chi connectivity index (χ0) is 14.0. The van der Waals surface area contributed by atoms with Crippen molar-refractivity contribution in [2.75, 3.05) is 13.1 Å². The number of aliphatic hydroxyl groups excluding tert-OH is 1. The first kappa shape index (κ1) is 14.0. The Morgan fingerprint density at radius 1 is 1.74 bits per heavy atom. The highest BCUT2D eigenvalue weighted by Gasteiger charge is 2.44. The van der Waals surface area contributed by atoms with E-state index < -0.39 is 11.0 Å². The molecule has 0 radical (unpaired) electrons. The molecule has 0 amide bonds. The summed E-state index contributed by atoms with van der Waals surface area (Å²) in [4.78, 5) is 10.00. The summed E-state index contributed by atoms with van der Waals surface area (Å²) in [6, 6.07) is 0. The fourth-order valence-corrected chi connectivity index (χ4v) is 2.18. The van der Waals surface area contributed by atoms with Crippen LogP contribution in [0.25, 0.3) is 0 Å². The first-order chi connectivity index (χ1) is 8.88. The zero-order valence-electron chi connectivity index (χ0n) is 11.2. The highest BCUT2D eigenvalue weighted by molar-refractivity contribution is 5.20. The van der Waals surface area contributed by atoms with Gasteiger partial charge in [-0.1, -0.05) is 13.8 Å². The molecule has 1 heterocycles. The molecule has 1 aromatic heterocycles. The molecule has 0 saturated heterocycles. The van der Waals surface area contributed by atoms with Crippen LogP contribution in [0.1, 0.15) is 20.3 Å². The van der Waals surface area contributed by atoms with Crippen LogP contribution in [0.3, 0.4) is 0 Å². The number of hydrogen-bond donors (Lipinski definition) is 2. The molecular weight excluding hydrogens is 248 g/mol. The summed E-state index contributed by atoms with van der Waals surface area (Å²) in [5.41, 5.74) is 0.375. The SMILES string of the molecule is CC1(C)CC1CNCC(O)Cn1cc([N+](=O)[O-])cn1. The van der Waals surface area contributed by atoms with Gasteiger partial charge in [-0.2, -0.15) is 5.10 Å². The van der Waals surface area contributed by atoms with Gasteiger partial charge in [0.25, 0.3) is 0 Å². The number of rotatable bonds is 7. The molecule has 19 heavy (non-hydrogen) atoms. The minimum Gasteiger partial charge on any atom is -0.390 e. The lowest BCUT2D eigenvalue weighted by Crippen LogP contribution is -2.32. The van der Waals surface area contributed by atoms with Gasteiger partial charge in [-0.05, 0) is 24.3 Å². The van der Waals surface area contributed by atoms with Crippen LogP contribution in [-0.2, 0) is 6.54 Å². The maximum absolute atomic E-state index is 10.5. The predicted octanol–water partition coefficient (Wildman–Crippen LogP) is 0.788. The van der Waals surface area contributed by atoms with Gasteiger partial charge in [-0.3, -0.25) is 14.8 Å². The highest BCUT2D eigenvalue weighted by atomic mass is 16.6. The molecule has 1 aliphatic carbocycles. The van der Waals surface area contributed by atoms with Crippen molar-refractivity contribution in [2.24, 2.45) is 11.3 Å². The number of hydrogen-bond acceptors (Lipinski definition) is 5. The smallest absolute Gasteiger partial charge is 0.306 e. The summed E-state index contributed by atoms with van der Waals surface area (Å²) in [6.45, 7) is 6.11. The lowest BCUT2D eigenvalue weighted by atomic mass is 10.1. The third-order valence-corrected chi connectivity index (χ3v) is 3.72. The second-order valence-corrected chi connectivity index (χ2v) is 5.88. The molecule has 2 rings (SSSR count). The Kier molecular flexibility index (Phi) is 3.86. The minimum atomic E-state index is -0.596. The molecule has 1 saturated carbocycles. The Morgan fingerprint density at radius 3 is 2.95 bits per heavy atom. The van der Waals surface area contributed by atoms with Crippen LogP contribution in [0.15, 0.2) is 12.4 Å². The first-order valence-corrected chi connectivity index (χ1v) is 6.44. The Labute approximate surface area is 111 Å². The van der Waals surface area contributed by atoms with Crippen molar-refractivity contribution in [3.8, 4) is 0 Å². The minimum absolute atomic E-state index is 0.0557. The van der Waals surface area contributed by atoms with Gasteiger partial charge in [0, 0.05) is 6.54 Å². The van der Waals surface area contributed by atoms with Gasteiger partial charge in [0.1, 0.15) is 12.4 Å². The molecule has 2 atom stereocenters. The van der Waals surface area contributed by atoms with E-state index in [2.05, 4.69) is 24.3 Å². The van der Waals surface area contributed by atoms with Gasteiger partial charge in [0.05, 0.1) is 17.6 Å². The van der Waals surface area contributed by atoms with Crippen LogP contribution in [0.2, 0.25) is 0 Å². The number of aromatic nitrogens is 2. The quantitative estimate of drug-likeness (QED) is 0.563. The van der Waals surface area contributed by atoms with E-state index in [1.807, 2.05) is 0 Å². The normalized spacial score (nSPS) is 22.2. The third kappa shape index (κ3) is 3.74. The van der Waals surface area contributed by atoms with Crippen molar-refractivity contribution in [1.29, 1.82) is 0 Å². The number of nitrogens with one attached hydrogen (secondary N) is 1. The second kappa shape index (κ2) is 5.26. The van der Waals surface area contributed by atoms with E-state index in [1.54, 1.807) is 0 Å². The van der Waals surface area contributed by atoms with E-state index >= 15 is 0 Å². The van der Waals surface area contributed by atoms with Gasteiger partial charge in [0.2, 0.25) is 0 Å². The topological polar surface area (TPSA) is 93.2 Å². The molecule has 7 nitrogen and oxygen atoms in total. The molecule has 0 bridgehead atoms. The van der Waals surface area contributed by atoms with Crippen LogP contribution in [0.5, 0.6) is 0 Å². The Balaban J connectivity index is 1.68. The van der Waals surface area contributed by atoms with Crippen molar-refractivity contribution in [1.82, 2.24) is 15.1 Å². The first-order valence-electron chi connectivity index (χ1n) is 6.44. The number of nitrogens with zero attached hydrogens (tertiary/aromatic N) is 3. The summed E-state index contributed by atoms with van der Waals surface area (Å²) in [5.74, 6) is 0.686. The predicted molar refractivity (Wildman–Crippen MR) is 69.6 cm³/mol.